The fourth-order valence-corrected chi connectivity index (χ4v) is 3.06. The Hall–Kier alpha value is -2.14. The lowest BCUT2D eigenvalue weighted by molar-refractivity contribution is 0.281. The Morgan fingerprint density at radius 1 is 0.958 bits per heavy atom. The summed E-state index contributed by atoms with van der Waals surface area (Å²) in [6.45, 7) is 1.96. The van der Waals surface area contributed by atoms with Crippen LogP contribution in [0.25, 0.3) is 10.9 Å². The maximum absolute atomic E-state index is 9.31. The van der Waals surface area contributed by atoms with E-state index in [1.165, 1.54) is 16.5 Å². The van der Waals surface area contributed by atoms with Gasteiger partial charge in [-0.3, -0.25) is 0 Å². The Kier molecular flexibility index (Phi) is 5.30. The van der Waals surface area contributed by atoms with Gasteiger partial charge in [0.2, 0.25) is 0 Å². The van der Waals surface area contributed by atoms with Gasteiger partial charge in [-0.2, -0.15) is 0 Å². The molecule has 0 bridgehead atoms. The number of nitrogens with one attached hydrogen (secondary N) is 1. The number of benzene rings is 2. The quantitative estimate of drug-likeness (QED) is 0.626. The predicted octanol–water partition coefficient (Wildman–Crippen LogP) is 2.83. The maximum Gasteiger partial charge on any atom is 0.0682 e. The van der Waals surface area contributed by atoms with E-state index < -0.39 is 0 Å². The molecular weight excluding hydrogens is 300 g/mol. The van der Waals surface area contributed by atoms with Crippen molar-refractivity contribution < 1.29 is 10.2 Å². The number of fused-ring (bicyclic) bond motifs is 1. The zero-order valence-corrected chi connectivity index (χ0v) is 14.0. The van der Waals surface area contributed by atoms with E-state index in [1.807, 2.05) is 24.3 Å². The van der Waals surface area contributed by atoms with Gasteiger partial charge in [-0.1, -0.05) is 30.3 Å². The van der Waals surface area contributed by atoms with E-state index in [2.05, 4.69) is 41.3 Å². The molecule has 0 saturated heterocycles. The molecule has 3 rings (SSSR count). The standard InChI is InChI=1S/C20H24N2O2/c1-22(12-15-3-2-4-16(9-15)13-23)8-7-18-11-21-20-6-5-17(14-24)10-19(18)20/h2-6,9-11,21,23-24H,7-8,12-14H2,1H3. The van der Waals surface area contributed by atoms with Gasteiger partial charge in [0.05, 0.1) is 13.2 Å². The van der Waals surface area contributed by atoms with Crippen molar-refractivity contribution in [2.75, 3.05) is 13.6 Å². The molecule has 0 aliphatic heterocycles. The molecule has 24 heavy (non-hydrogen) atoms. The number of nitrogens with zero attached hydrogens (tertiary/aromatic N) is 1. The topological polar surface area (TPSA) is 59.5 Å². The fraction of sp³-hybridized carbons (Fsp3) is 0.300. The minimum Gasteiger partial charge on any atom is -0.392 e. The summed E-state index contributed by atoms with van der Waals surface area (Å²) in [4.78, 5) is 5.58. The van der Waals surface area contributed by atoms with E-state index >= 15 is 0 Å². The first-order valence-electron chi connectivity index (χ1n) is 8.26. The third-order valence-electron chi connectivity index (χ3n) is 4.40. The normalized spacial score (nSPS) is 11.5. The smallest absolute Gasteiger partial charge is 0.0682 e. The van der Waals surface area contributed by atoms with E-state index in [0.717, 1.165) is 36.2 Å². The third kappa shape index (κ3) is 3.85. The molecule has 1 heterocycles. The summed E-state index contributed by atoms with van der Waals surface area (Å²) in [5.74, 6) is 0. The molecule has 0 atom stereocenters. The van der Waals surface area contributed by atoms with Gasteiger partial charge in [0.1, 0.15) is 0 Å². The van der Waals surface area contributed by atoms with Crippen LogP contribution in [0.2, 0.25) is 0 Å². The number of aliphatic hydroxyl groups is 2. The second-order valence-electron chi connectivity index (χ2n) is 6.32. The first kappa shape index (κ1) is 16.7. The van der Waals surface area contributed by atoms with Crippen molar-refractivity contribution in [2.24, 2.45) is 0 Å². The van der Waals surface area contributed by atoms with E-state index in [-0.39, 0.29) is 13.2 Å². The van der Waals surface area contributed by atoms with Crippen LogP contribution < -0.4 is 0 Å². The molecule has 0 saturated carbocycles. The van der Waals surface area contributed by atoms with Crippen LogP contribution in [0, 0.1) is 0 Å². The fourth-order valence-electron chi connectivity index (χ4n) is 3.06. The Morgan fingerprint density at radius 2 is 1.71 bits per heavy atom. The Morgan fingerprint density at radius 3 is 2.50 bits per heavy atom. The van der Waals surface area contributed by atoms with Gasteiger partial charge in [0.25, 0.3) is 0 Å². The number of hydrogen-bond donors (Lipinski definition) is 3. The SMILES string of the molecule is CN(CCc1c[nH]c2ccc(CO)cc12)Cc1cccc(CO)c1. The van der Waals surface area contributed by atoms with Crippen LogP contribution in [0.1, 0.15) is 22.3 Å². The summed E-state index contributed by atoms with van der Waals surface area (Å²) in [6.07, 6.45) is 3.01. The lowest BCUT2D eigenvalue weighted by atomic mass is 10.1. The average Bonchev–Trinajstić information content (AvgIpc) is 3.02. The number of aliphatic hydroxyl groups excluding tert-OH is 2. The first-order valence-corrected chi connectivity index (χ1v) is 8.26. The third-order valence-corrected chi connectivity index (χ3v) is 4.40. The van der Waals surface area contributed by atoms with Gasteiger partial charge in [-0.05, 0) is 47.9 Å². The minimum atomic E-state index is 0.0711. The zero-order valence-electron chi connectivity index (χ0n) is 14.0. The van der Waals surface area contributed by atoms with Crippen LogP contribution in [-0.4, -0.2) is 33.7 Å². The number of aromatic amines is 1. The molecule has 4 nitrogen and oxygen atoms in total. The molecule has 3 N–H and O–H groups in total. The number of aromatic nitrogens is 1. The second-order valence-corrected chi connectivity index (χ2v) is 6.32. The first-order chi connectivity index (χ1) is 11.7. The van der Waals surface area contributed by atoms with Crippen molar-refractivity contribution in [3.63, 3.8) is 0 Å². The Balaban J connectivity index is 1.64. The van der Waals surface area contributed by atoms with Crippen LogP contribution in [0.4, 0.5) is 0 Å². The van der Waals surface area contributed by atoms with E-state index in [4.69, 9.17) is 0 Å². The van der Waals surface area contributed by atoms with Crippen molar-refractivity contribution in [1.82, 2.24) is 9.88 Å². The molecule has 0 radical (unpaired) electrons. The zero-order chi connectivity index (χ0) is 16.9. The molecule has 2 aromatic carbocycles. The molecule has 0 amide bonds. The van der Waals surface area contributed by atoms with Crippen LogP contribution in [0.3, 0.4) is 0 Å². The Labute approximate surface area is 142 Å². The predicted molar refractivity (Wildman–Crippen MR) is 96.6 cm³/mol. The van der Waals surface area contributed by atoms with Gasteiger partial charge in [-0.15, -0.1) is 0 Å². The molecule has 4 heteroatoms. The number of rotatable bonds is 7. The monoisotopic (exact) mass is 324 g/mol. The van der Waals surface area contributed by atoms with E-state index in [1.54, 1.807) is 0 Å². The van der Waals surface area contributed by atoms with Gasteiger partial charge in [0, 0.05) is 30.2 Å². The molecule has 0 fully saturated rings. The highest BCUT2D eigenvalue weighted by molar-refractivity contribution is 5.83. The number of likely N-dealkylation sites (N-methyl/N-ethyl adjacent to an activating group) is 1. The molecule has 0 spiro atoms. The lowest BCUT2D eigenvalue weighted by Gasteiger charge is -2.17. The van der Waals surface area contributed by atoms with Crippen molar-refractivity contribution in [2.45, 2.75) is 26.2 Å². The van der Waals surface area contributed by atoms with Crippen molar-refractivity contribution in [3.8, 4) is 0 Å². The lowest BCUT2D eigenvalue weighted by Crippen LogP contribution is -2.20. The van der Waals surface area contributed by atoms with Gasteiger partial charge < -0.3 is 20.1 Å². The van der Waals surface area contributed by atoms with Crippen molar-refractivity contribution in [3.05, 3.63) is 70.9 Å². The molecule has 0 unspecified atom stereocenters. The highest BCUT2D eigenvalue weighted by Crippen LogP contribution is 2.21. The van der Waals surface area contributed by atoms with E-state index in [0.29, 0.717) is 0 Å². The summed E-state index contributed by atoms with van der Waals surface area (Å²) in [5.41, 5.74) is 5.49. The summed E-state index contributed by atoms with van der Waals surface area (Å²) >= 11 is 0. The second kappa shape index (κ2) is 7.62. The molecule has 0 aliphatic rings. The Bertz CT molecular complexity index is 810. The molecule has 3 aromatic rings. The summed E-state index contributed by atoms with van der Waals surface area (Å²) < 4.78 is 0. The molecule has 1 aromatic heterocycles. The molecule has 126 valence electrons. The van der Waals surface area contributed by atoms with Crippen molar-refractivity contribution >= 4 is 10.9 Å². The van der Waals surface area contributed by atoms with Crippen LogP contribution in [-0.2, 0) is 26.2 Å². The van der Waals surface area contributed by atoms with Crippen LogP contribution in [0.15, 0.2) is 48.7 Å². The number of hydrogen-bond acceptors (Lipinski definition) is 3. The summed E-state index contributed by atoms with van der Waals surface area (Å²) in [7, 11) is 2.11. The summed E-state index contributed by atoms with van der Waals surface area (Å²) in [6, 6.07) is 14.1. The number of H-pyrrole nitrogens is 1. The largest absolute Gasteiger partial charge is 0.392 e. The minimum absolute atomic E-state index is 0.0711. The van der Waals surface area contributed by atoms with Gasteiger partial charge in [0.15, 0.2) is 0 Å². The average molecular weight is 324 g/mol. The molecule has 0 aliphatic carbocycles. The van der Waals surface area contributed by atoms with Crippen LogP contribution >= 0.6 is 0 Å². The highest BCUT2D eigenvalue weighted by Gasteiger charge is 2.07. The summed E-state index contributed by atoms with van der Waals surface area (Å²) in [5, 5.41) is 19.7. The maximum atomic E-state index is 9.31. The van der Waals surface area contributed by atoms with Crippen LogP contribution in [0.5, 0.6) is 0 Å². The van der Waals surface area contributed by atoms with Gasteiger partial charge in [-0.25, -0.2) is 0 Å². The highest BCUT2D eigenvalue weighted by atomic mass is 16.3. The van der Waals surface area contributed by atoms with E-state index in [9.17, 15) is 10.2 Å². The van der Waals surface area contributed by atoms with Crippen molar-refractivity contribution in [1.29, 1.82) is 0 Å². The van der Waals surface area contributed by atoms with Gasteiger partial charge >= 0.3 is 0 Å². The molecular formula is C20H24N2O2.